The summed E-state index contributed by atoms with van der Waals surface area (Å²) in [4.78, 5) is 4.27. The highest BCUT2D eigenvalue weighted by atomic mass is 32.1. The van der Waals surface area contributed by atoms with Gasteiger partial charge in [-0.1, -0.05) is 26.0 Å². The Morgan fingerprint density at radius 1 is 1.22 bits per heavy atom. The van der Waals surface area contributed by atoms with Crippen LogP contribution in [0.5, 0.6) is 0 Å². The molecule has 1 heterocycles. The Labute approximate surface area is 107 Å². The minimum atomic E-state index is -2.81. The highest BCUT2D eigenvalue weighted by Crippen LogP contribution is 2.32. The largest absolute Gasteiger partial charge is 0.266 e. The molecular formula is C13H12F3NS. The zero-order chi connectivity index (χ0) is 13.3. The molecule has 0 atom stereocenters. The maximum atomic E-state index is 13.9. The summed E-state index contributed by atoms with van der Waals surface area (Å²) in [6, 6.07) is 4.00. The van der Waals surface area contributed by atoms with E-state index in [0.29, 0.717) is 5.01 Å². The van der Waals surface area contributed by atoms with Crippen LogP contribution in [0.15, 0.2) is 23.6 Å². The van der Waals surface area contributed by atoms with Crippen LogP contribution in [0.2, 0.25) is 0 Å². The fourth-order valence-corrected chi connectivity index (χ4v) is 2.56. The molecule has 0 saturated carbocycles. The first kappa shape index (κ1) is 13.1. The number of nitrogens with zero attached hydrogens (tertiary/aromatic N) is 1. The molecule has 0 saturated heterocycles. The molecule has 0 N–H and O–H groups in total. The molecule has 2 aromatic rings. The van der Waals surface area contributed by atoms with Crippen LogP contribution in [0, 0.1) is 5.82 Å². The van der Waals surface area contributed by atoms with Gasteiger partial charge in [-0.3, -0.25) is 0 Å². The van der Waals surface area contributed by atoms with E-state index in [1.165, 1.54) is 23.5 Å². The molecule has 1 nitrogen and oxygen atoms in total. The van der Waals surface area contributed by atoms with Gasteiger partial charge in [0.05, 0.1) is 11.3 Å². The Hall–Kier alpha value is -1.36. The number of rotatable bonds is 3. The monoisotopic (exact) mass is 271 g/mol. The summed E-state index contributed by atoms with van der Waals surface area (Å²) in [6.07, 6.45) is -2.81. The van der Waals surface area contributed by atoms with Gasteiger partial charge in [0, 0.05) is 10.9 Å². The summed E-state index contributed by atoms with van der Waals surface area (Å²) in [7, 11) is 0. The highest BCUT2D eigenvalue weighted by molar-refractivity contribution is 7.13. The van der Waals surface area contributed by atoms with Gasteiger partial charge in [-0.25, -0.2) is 18.2 Å². The van der Waals surface area contributed by atoms with Crippen LogP contribution in [-0.2, 0) is 0 Å². The second-order valence-corrected chi connectivity index (χ2v) is 5.10. The second-order valence-electron chi connectivity index (χ2n) is 4.24. The maximum Gasteiger partial charge on any atom is 0.266 e. The smallest absolute Gasteiger partial charge is 0.241 e. The molecule has 0 aliphatic heterocycles. The predicted octanol–water partition coefficient (Wildman–Crippen LogP) is 5.01. The summed E-state index contributed by atoms with van der Waals surface area (Å²) >= 11 is 1.27. The van der Waals surface area contributed by atoms with E-state index < -0.39 is 17.8 Å². The summed E-state index contributed by atoms with van der Waals surface area (Å²) < 4.78 is 39.1. The van der Waals surface area contributed by atoms with Crippen molar-refractivity contribution in [2.45, 2.75) is 26.2 Å². The zero-order valence-electron chi connectivity index (χ0n) is 9.95. The van der Waals surface area contributed by atoms with E-state index >= 15 is 0 Å². The first-order valence-electron chi connectivity index (χ1n) is 5.53. The van der Waals surface area contributed by atoms with Gasteiger partial charge in [-0.2, -0.15) is 0 Å². The topological polar surface area (TPSA) is 12.9 Å². The van der Waals surface area contributed by atoms with E-state index in [1.54, 1.807) is 0 Å². The van der Waals surface area contributed by atoms with Gasteiger partial charge in [0.2, 0.25) is 0 Å². The van der Waals surface area contributed by atoms with E-state index in [-0.39, 0.29) is 11.5 Å². The Morgan fingerprint density at radius 3 is 2.50 bits per heavy atom. The summed E-state index contributed by atoms with van der Waals surface area (Å²) in [5.74, 6) is -0.645. The Kier molecular flexibility index (Phi) is 3.71. The molecule has 0 spiro atoms. The van der Waals surface area contributed by atoms with Crippen molar-refractivity contribution >= 4 is 11.3 Å². The fourth-order valence-electron chi connectivity index (χ4n) is 1.56. The quantitative estimate of drug-likeness (QED) is 0.764. The van der Waals surface area contributed by atoms with Crippen molar-refractivity contribution in [3.63, 3.8) is 0 Å². The van der Waals surface area contributed by atoms with Crippen molar-refractivity contribution in [3.8, 4) is 10.6 Å². The van der Waals surface area contributed by atoms with Crippen LogP contribution in [0.3, 0.4) is 0 Å². The van der Waals surface area contributed by atoms with Crippen LogP contribution in [0.1, 0.15) is 37.4 Å². The fraction of sp³-hybridized carbons (Fsp3) is 0.308. The average molecular weight is 271 g/mol. The Morgan fingerprint density at radius 2 is 1.94 bits per heavy atom. The zero-order valence-corrected chi connectivity index (χ0v) is 10.8. The molecule has 0 aliphatic rings. The van der Waals surface area contributed by atoms with Gasteiger partial charge in [0.1, 0.15) is 10.8 Å². The lowest BCUT2D eigenvalue weighted by Gasteiger charge is -2.05. The molecule has 5 heteroatoms. The van der Waals surface area contributed by atoms with Gasteiger partial charge in [-0.05, 0) is 12.0 Å². The molecule has 0 bridgehead atoms. The highest BCUT2D eigenvalue weighted by Gasteiger charge is 2.18. The second kappa shape index (κ2) is 5.10. The van der Waals surface area contributed by atoms with E-state index in [2.05, 4.69) is 4.98 Å². The van der Waals surface area contributed by atoms with Crippen LogP contribution in [0.4, 0.5) is 13.2 Å². The van der Waals surface area contributed by atoms with Crippen LogP contribution < -0.4 is 0 Å². The number of benzene rings is 1. The Balaban J connectivity index is 2.47. The molecule has 0 fully saturated rings. The number of hydrogen-bond donors (Lipinski definition) is 0. The third-order valence-corrected chi connectivity index (χ3v) is 3.50. The molecule has 1 aromatic carbocycles. The molecule has 96 valence electrons. The number of hydrogen-bond acceptors (Lipinski definition) is 2. The van der Waals surface area contributed by atoms with Crippen molar-refractivity contribution in [2.75, 3.05) is 0 Å². The van der Waals surface area contributed by atoms with Crippen LogP contribution >= 0.6 is 11.3 Å². The van der Waals surface area contributed by atoms with Crippen molar-refractivity contribution in [3.05, 3.63) is 40.7 Å². The molecule has 1 aromatic heterocycles. The lowest BCUT2D eigenvalue weighted by molar-refractivity contribution is 0.146. The molecule has 0 unspecified atom stereocenters. The standard InChI is InChI=1S/C13H12F3NS/c1-7(2)10-6-18-13(17-10)9-5-3-4-8(11(9)14)12(15)16/h3-7,12H,1-2H3. The van der Waals surface area contributed by atoms with Crippen LogP contribution in [-0.4, -0.2) is 4.98 Å². The van der Waals surface area contributed by atoms with Gasteiger partial charge in [-0.15, -0.1) is 11.3 Å². The van der Waals surface area contributed by atoms with Gasteiger partial charge < -0.3 is 0 Å². The van der Waals surface area contributed by atoms with Crippen LogP contribution in [0.25, 0.3) is 10.6 Å². The minimum Gasteiger partial charge on any atom is -0.241 e. The third kappa shape index (κ3) is 2.41. The normalized spacial score (nSPS) is 11.5. The molecule has 0 radical (unpaired) electrons. The molecule has 2 rings (SSSR count). The molecule has 0 amide bonds. The molecule has 0 aliphatic carbocycles. The first-order valence-corrected chi connectivity index (χ1v) is 6.41. The molecular weight excluding hydrogens is 259 g/mol. The van der Waals surface area contributed by atoms with E-state index in [0.717, 1.165) is 11.8 Å². The van der Waals surface area contributed by atoms with Gasteiger partial charge in [0.25, 0.3) is 6.43 Å². The average Bonchev–Trinajstić information content (AvgIpc) is 2.78. The predicted molar refractivity (Wildman–Crippen MR) is 66.6 cm³/mol. The van der Waals surface area contributed by atoms with Crippen molar-refractivity contribution in [1.29, 1.82) is 0 Å². The number of alkyl halides is 2. The number of aromatic nitrogens is 1. The molecule has 18 heavy (non-hydrogen) atoms. The summed E-state index contributed by atoms with van der Waals surface area (Å²) in [6.45, 7) is 3.95. The number of halogens is 3. The van der Waals surface area contributed by atoms with Gasteiger partial charge in [0.15, 0.2) is 0 Å². The lowest BCUT2D eigenvalue weighted by Crippen LogP contribution is -1.94. The van der Waals surface area contributed by atoms with Gasteiger partial charge >= 0.3 is 0 Å². The third-order valence-electron chi connectivity index (χ3n) is 2.61. The number of thiazole rings is 1. The maximum absolute atomic E-state index is 13.9. The first-order chi connectivity index (χ1) is 8.50. The minimum absolute atomic E-state index is 0.143. The lowest BCUT2D eigenvalue weighted by atomic mass is 10.1. The van der Waals surface area contributed by atoms with E-state index in [9.17, 15) is 13.2 Å². The summed E-state index contributed by atoms with van der Waals surface area (Å²) in [5, 5.41) is 2.27. The van der Waals surface area contributed by atoms with E-state index in [1.807, 2.05) is 19.2 Å². The SMILES string of the molecule is CC(C)c1csc(-c2cccc(C(F)F)c2F)n1. The van der Waals surface area contributed by atoms with Crippen molar-refractivity contribution < 1.29 is 13.2 Å². The van der Waals surface area contributed by atoms with Crippen molar-refractivity contribution in [1.82, 2.24) is 4.98 Å². The van der Waals surface area contributed by atoms with E-state index in [4.69, 9.17) is 0 Å². The van der Waals surface area contributed by atoms with Crippen molar-refractivity contribution in [2.24, 2.45) is 0 Å². The Bertz CT molecular complexity index is 549. The summed E-state index contributed by atoms with van der Waals surface area (Å²) in [5.41, 5.74) is 0.412.